The average Bonchev–Trinajstić information content (AvgIpc) is 2.32. The minimum atomic E-state index is -0.654. The second kappa shape index (κ2) is 6.44. The molecule has 1 saturated carbocycles. The number of rotatable bonds is 4. The molecule has 0 bridgehead atoms. The van der Waals surface area contributed by atoms with Crippen molar-refractivity contribution in [2.24, 2.45) is 11.8 Å². The van der Waals surface area contributed by atoms with E-state index in [9.17, 15) is 9.50 Å². The third-order valence-electron chi connectivity index (χ3n) is 4.25. The molecule has 0 amide bonds. The Hall–Kier alpha value is -0.600. The van der Waals surface area contributed by atoms with E-state index in [-0.39, 0.29) is 5.02 Å². The van der Waals surface area contributed by atoms with Crippen LogP contribution in [0, 0.1) is 17.7 Å². The molecule has 0 aromatic heterocycles. The van der Waals surface area contributed by atoms with Crippen LogP contribution in [-0.4, -0.2) is 10.7 Å². The van der Waals surface area contributed by atoms with Gasteiger partial charge in [0.05, 0.1) is 10.6 Å². The van der Waals surface area contributed by atoms with Gasteiger partial charge in [-0.1, -0.05) is 44.4 Å². The summed E-state index contributed by atoms with van der Waals surface area (Å²) in [5, 5.41) is 11.0. The molecule has 1 fully saturated rings. The average molecular weight is 299 g/mol. The maximum atomic E-state index is 13.2. The molecule has 0 radical (unpaired) electrons. The third kappa shape index (κ3) is 4.20. The zero-order chi connectivity index (χ0) is 14.8. The molecule has 0 saturated heterocycles. The highest BCUT2D eigenvalue weighted by molar-refractivity contribution is 6.30. The van der Waals surface area contributed by atoms with Gasteiger partial charge in [0.1, 0.15) is 5.82 Å². The van der Waals surface area contributed by atoms with E-state index >= 15 is 0 Å². The second-order valence-electron chi connectivity index (χ2n) is 6.74. The molecule has 1 aromatic carbocycles. The molecule has 0 heterocycles. The summed E-state index contributed by atoms with van der Waals surface area (Å²) >= 11 is 5.82. The summed E-state index contributed by atoms with van der Waals surface area (Å²) in [7, 11) is 0. The first-order valence-electron chi connectivity index (χ1n) is 7.54. The maximum absolute atomic E-state index is 13.2. The van der Waals surface area contributed by atoms with Gasteiger partial charge in [0.25, 0.3) is 0 Å². The van der Waals surface area contributed by atoms with Crippen molar-refractivity contribution in [3.8, 4) is 0 Å². The van der Waals surface area contributed by atoms with Crippen LogP contribution in [0.4, 0.5) is 4.39 Å². The first-order chi connectivity index (χ1) is 9.38. The Kier molecular flexibility index (Phi) is 5.09. The van der Waals surface area contributed by atoms with Gasteiger partial charge in [-0.25, -0.2) is 4.39 Å². The summed E-state index contributed by atoms with van der Waals surface area (Å²) in [5.41, 5.74) is 0.267. The van der Waals surface area contributed by atoms with Gasteiger partial charge in [-0.3, -0.25) is 0 Å². The molecule has 3 heteroatoms. The molecule has 2 atom stereocenters. The van der Waals surface area contributed by atoms with Gasteiger partial charge in [-0.05, 0) is 48.8 Å². The smallest absolute Gasteiger partial charge is 0.141 e. The van der Waals surface area contributed by atoms with E-state index in [2.05, 4.69) is 13.8 Å². The lowest BCUT2D eigenvalue weighted by atomic mass is 9.73. The van der Waals surface area contributed by atoms with E-state index in [0.717, 1.165) is 24.8 Å². The fourth-order valence-electron chi connectivity index (χ4n) is 3.52. The fraction of sp³-hybridized carbons (Fsp3) is 0.647. The molecule has 1 aliphatic carbocycles. The van der Waals surface area contributed by atoms with Crippen LogP contribution < -0.4 is 0 Å². The van der Waals surface area contributed by atoms with Crippen molar-refractivity contribution in [1.29, 1.82) is 0 Å². The number of benzene rings is 1. The molecule has 1 nitrogen and oxygen atoms in total. The Balaban J connectivity index is 2.04. The highest BCUT2D eigenvalue weighted by Crippen LogP contribution is 2.38. The first kappa shape index (κ1) is 15.8. The molecule has 2 unspecified atom stereocenters. The quantitative estimate of drug-likeness (QED) is 0.830. The van der Waals surface area contributed by atoms with Crippen molar-refractivity contribution in [3.05, 3.63) is 34.6 Å². The molecular formula is C17H24ClFO. The maximum Gasteiger partial charge on any atom is 0.141 e. The highest BCUT2D eigenvalue weighted by atomic mass is 35.5. The van der Waals surface area contributed by atoms with Crippen molar-refractivity contribution in [1.82, 2.24) is 0 Å². The number of hydrogen-bond acceptors (Lipinski definition) is 1. The van der Waals surface area contributed by atoms with E-state index in [4.69, 9.17) is 11.6 Å². The van der Waals surface area contributed by atoms with Crippen LogP contribution in [0.2, 0.25) is 5.02 Å². The van der Waals surface area contributed by atoms with Crippen molar-refractivity contribution in [2.45, 2.75) is 58.0 Å². The SMILES string of the molecule is CC(C)CC1CCCC(O)(Cc2ccc(F)c(Cl)c2)C1. The van der Waals surface area contributed by atoms with Gasteiger partial charge in [0, 0.05) is 6.42 Å². The normalized spacial score (nSPS) is 27.0. The van der Waals surface area contributed by atoms with Gasteiger partial charge in [0.2, 0.25) is 0 Å². The lowest BCUT2D eigenvalue weighted by Crippen LogP contribution is -2.37. The molecule has 0 spiro atoms. The van der Waals surface area contributed by atoms with Gasteiger partial charge in [-0.2, -0.15) is 0 Å². The summed E-state index contributed by atoms with van der Waals surface area (Å²) in [6.45, 7) is 4.46. The highest BCUT2D eigenvalue weighted by Gasteiger charge is 2.34. The molecule has 1 N–H and O–H groups in total. The lowest BCUT2D eigenvalue weighted by Gasteiger charge is -2.37. The zero-order valence-electron chi connectivity index (χ0n) is 12.3. The number of halogens is 2. The largest absolute Gasteiger partial charge is 0.390 e. The molecular weight excluding hydrogens is 275 g/mol. The third-order valence-corrected chi connectivity index (χ3v) is 4.53. The van der Waals surface area contributed by atoms with Crippen molar-refractivity contribution in [3.63, 3.8) is 0 Å². The minimum absolute atomic E-state index is 0.139. The van der Waals surface area contributed by atoms with Gasteiger partial charge < -0.3 is 5.11 Å². The minimum Gasteiger partial charge on any atom is -0.390 e. The van der Waals surface area contributed by atoms with Crippen LogP contribution in [0.5, 0.6) is 0 Å². The van der Waals surface area contributed by atoms with E-state index < -0.39 is 11.4 Å². The molecule has 112 valence electrons. The molecule has 1 aliphatic rings. The van der Waals surface area contributed by atoms with Gasteiger partial charge in [-0.15, -0.1) is 0 Å². The van der Waals surface area contributed by atoms with Crippen LogP contribution in [0.15, 0.2) is 18.2 Å². The van der Waals surface area contributed by atoms with E-state index in [1.807, 2.05) is 0 Å². The number of hydrogen-bond donors (Lipinski definition) is 1. The Morgan fingerprint density at radius 2 is 2.20 bits per heavy atom. The molecule has 0 aliphatic heterocycles. The monoisotopic (exact) mass is 298 g/mol. The lowest BCUT2D eigenvalue weighted by molar-refractivity contribution is -0.0189. The molecule has 20 heavy (non-hydrogen) atoms. The predicted octanol–water partition coefficient (Wildman–Crippen LogP) is 4.99. The van der Waals surface area contributed by atoms with Gasteiger partial charge in [0.15, 0.2) is 0 Å². The zero-order valence-corrected chi connectivity index (χ0v) is 13.1. The van der Waals surface area contributed by atoms with E-state index in [1.54, 1.807) is 12.1 Å². The summed E-state index contributed by atoms with van der Waals surface area (Å²) in [6, 6.07) is 4.75. The standard InChI is InChI=1S/C17H24ClFO/c1-12(2)8-13-4-3-7-17(20,10-13)11-14-5-6-16(19)15(18)9-14/h5-6,9,12-13,20H,3-4,7-8,10-11H2,1-2H3. The van der Waals surface area contributed by atoms with Crippen LogP contribution in [0.25, 0.3) is 0 Å². The van der Waals surface area contributed by atoms with E-state index in [1.165, 1.54) is 18.9 Å². The van der Waals surface area contributed by atoms with Crippen LogP contribution in [0.1, 0.15) is 51.5 Å². The van der Waals surface area contributed by atoms with Gasteiger partial charge >= 0.3 is 0 Å². The summed E-state index contributed by atoms with van der Waals surface area (Å²) in [4.78, 5) is 0. The van der Waals surface area contributed by atoms with Crippen molar-refractivity contribution >= 4 is 11.6 Å². The second-order valence-corrected chi connectivity index (χ2v) is 7.15. The molecule has 1 aromatic rings. The van der Waals surface area contributed by atoms with E-state index in [0.29, 0.717) is 18.3 Å². The van der Waals surface area contributed by atoms with Crippen LogP contribution >= 0.6 is 11.6 Å². The Morgan fingerprint density at radius 3 is 2.85 bits per heavy atom. The molecule has 2 rings (SSSR count). The van der Waals surface area contributed by atoms with Crippen molar-refractivity contribution in [2.75, 3.05) is 0 Å². The Bertz CT molecular complexity index is 460. The summed E-state index contributed by atoms with van der Waals surface area (Å²) in [6.07, 6.45) is 5.71. The Morgan fingerprint density at radius 1 is 1.45 bits per heavy atom. The topological polar surface area (TPSA) is 20.2 Å². The fourth-order valence-corrected chi connectivity index (χ4v) is 3.72. The number of aliphatic hydroxyl groups is 1. The van der Waals surface area contributed by atoms with Crippen LogP contribution in [-0.2, 0) is 6.42 Å². The van der Waals surface area contributed by atoms with Crippen molar-refractivity contribution < 1.29 is 9.50 Å². The summed E-state index contributed by atoms with van der Waals surface area (Å²) < 4.78 is 13.2. The van der Waals surface area contributed by atoms with Crippen LogP contribution in [0.3, 0.4) is 0 Å². The summed E-state index contributed by atoms with van der Waals surface area (Å²) in [5.74, 6) is 0.871. The predicted molar refractivity (Wildman–Crippen MR) is 81.5 cm³/mol. The Labute approximate surface area is 126 Å². The first-order valence-corrected chi connectivity index (χ1v) is 7.92.